The van der Waals surface area contributed by atoms with Gasteiger partial charge in [0.2, 0.25) is 0 Å². The van der Waals surface area contributed by atoms with Gasteiger partial charge in [-0.15, -0.1) is 0 Å². The summed E-state index contributed by atoms with van der Waals surface area (Å²) in [6, 6.07) is 3.43. The van der Waals surface area contributed by atoms with Crippen molar-refractivity contribution in [1.82, 2.24) is 34.9 Å². The van der Waals surface area contributed by atoms with Gasteiger partial charge >= 0.3 is 0 Å². The highest BCUT2D eigenvalue weighted by Gasteiger charge is 2.21. The van der Waals surface area contributed by atoms with Crippen molar-refractivity contribution in [2.45, 2.75) is 33.4 Å². The lowest BCUT2D eigenvalue weighted by Gasteiger charge is -2.26. The van der Waals surface area contributed by atoms with Crippen molar-refractivity contribution in [2.24, 2.45) is 0 Å². The summed E-state index contributed by atoms with van der Waals surface area (Å²) < 4.78 is 22.5. The van der Waals surface area contributed by atoms with E-state index < -0.39 is 0 Å². The molecular formula is C24H28FN7O2. The van der Waals surface area contributed by atoms with Crippen LogP contribution < -0.4 is 5.32 Å². The van der Waals surface area contributed by atoms with Crippen LogP contribution in [-0.4, -0.2) is 74.4 Å². The van der Waals surface area contributed by atoms with E-state index in [-0.39, 0.29) is 17.8 Å². The second-order valence-corrected chi connectivity index (χ2v) is 8.95. The van der Waals surface area contributed by atoms with Crippen LogP contribution in [0.2, 0.25) is 0 Å². The van der Waals surface area contributed by atoms with Crippen molar-refractivity contribution in [2.75, 3.05) is 32.8 Å². The maximum absolute atomic E-state index is 15.2. The van der Waals surface area contributed by atoms with E-state index in [0.29, 0.717) is 40.0 Å². The Balaban J connectivity index is 1.57. The summed E-state index contributed by atoms with van der Waals surface area (Å²) in [5.41, 5.74) is 3.69. The first kappa shape index (κ1) is 22.4. The van der Waals surface area contributed by atoms with Crippen molar-refractivity contribution < 1.29 is 13.9 Å². The van der Waals surface area contributed by atoms with Crippen LogP contribution in [0.1, 0.15) is 29.8 Å². The quantitative estimate of drug-likeness (QED) is 0.454. The summed E-state index contributed by atoms with van der Waals surface area (Å²) in [6.45, 7) is 10.2. The highest BCUT2D eigenvalue weighted by atomic mass is 19.1. The molecule has 1 aliphatic heterocycles. The molecule has 178 valence electrons. The molecule has 1 saturated heterocycles. The largest absolute Gasteiger partial charge is 0.379 e. The number of halogens is 1. The van der Waals surface area contributed by atoms with E-state index in [1.807, 2.05) is 31.5 Å². The lowest BCUT2D eigenvalue weighted by molar-refractivity contribution is 0.0361. The zero-order chi connectivity index (χ0) is 23.8. The number of carbonyl (C=O) groups is 1. The predicted octanol–water partition coefficient (Wildman–Crippen LogP) is 2.89. The van der Waals surface area contributed by atoms with Crippen LogP contribution in [0.25, 0.3) is 33.5 Å². The molecular weight excluding hydrogens is 437 g/mol. The number of ether oxygens (including phenoxy) is 1. The van der Waals surface area contributed by atoms with Crippen LogP contribution in [0.15, 0.2) is 24.5 Å². The van der Waals surface area contributed by atoms with Crippen LogP contribution in [-0.2, 0) is 11.3 Å². The predicted molar refractivity (Wildman–Crippen MR) is 127 cm³/mol. The van der Waals surface area contributed by atoms with Gasteiger partial charge in [0.1, 0.15) is 22.7 Å². The lowest BCUT2D eigenvalue weighted by Crippen LogP contribution is -2.38. The van der Waals surface area contributed by atoms with Crippen LogP contribution in [0.4, 0.5) is 4.39 Å². The Bertz CT molecular complexity index is 1350. The number of hydrogen-bond acceptors (Lipinski definition) is 6. The van der Waals surface area contributed by atoms with Crippen LogP contribution in [0.3, 0.4) is 0 Å². The van der Waals surface area contributed by atoms with Crippen molar-refractivity contribution in [3.8, 4) is 11.4 Å². The molecule has 0 spiro atoms. The lowest BCUT2D eigenvalue weighted by atomic mass is 10.1. The molecule has 4 aromatic rings. The van der Waals surface area contributed by atoms with Gasteiger partial charge in [-0.1, -0.05) is 0 Å². The van der Waals surface area contributed by atoms with Gasteiger partial charge in [-0.3, -0.25) is 14.4 Å². The number of carbonyl (C=O) groups excluding carboxylic acids is 1. The fourth-order valence-electron chi connectivity index (χ4n) is 4.32. The SMILES string of the molecule is Cc1cc(F)c2c(-c3cnc4[nH]cc(C(=O)NC(C)C)c4n3)nn(CCN3CCOCC3)c2c1. The number of nitrogens with one attached hydrogen (secondary N) is 2. The third kappa shape index (κ3) is 4.26. The Morgan fingerprint density at radius 1 is 1.26 bits per heavy atom. The minimum absolute atomic E-state index is 0.0166. The Kier molecular flexibility index (Phi) is 6.01. The summed E-state index contributed by atoms with van der Waals surface area (Å²) in [7, 11) is 0. The van der Waals surface area contributed by atoms with E-state index >= 15 is 4.39 Å². The molecule has 0 saturated carbocycles. The summed E-state index contributed by atoms with van der Waals surface area (Å²) in [4.78, 5) is 27.0. The number of aryl methyl sites for hydroxylation is 1. The molecule has 34 heavy (non-hydrogen) atoms. The third-order valence-corrected chi connectivity index (χ3v) is 5.97. The van der Waals surface area contributed by atoms with E-state index in [2.05, 4.69) is 25.2 Å². The number of hydrogen-bond donors (Lipinski definition) is 2. The number of amides is 1. The summed E-state index contributed by atoms with van der Waals surface area (Å²) in [5, 5.41) is 8.05. The monoisotopic (exact) mass is 465 g/mol. The Hall–Kier alpha value is -3.37. The molecule has 4 heterocycles. The van der Waals surface area contributed by atoms with Gasteiger partial charge in [-0.2, -0.15) is 5.10 Å². The summed E-state index contributed by atoms with van der Waals surface area (Å²) >= 11 is 0. The Morgan fingerprint density at radius 2 is 2.06 bits per heavy atom. The number of morpholine rings is 1. The van der Waals surface area contributed by atoms with Gasteiger partial charge < -0.3 is 15.0 Å². The molecule has 1 fully saturated rings. The standard InChI is InChI=1S/C24H28FN7O2/c1-14(2)28-24(33)16-12-26-23-21(16)29-18(13-27-23)22-20-17(25)10-15(3)11-19(20)32(30-22)5-4-31-6-8-34-9-7-31/h10-14H,4-9H2,1-3H3,(H,26,27)(H,28,33). The second-order valence-electron chi connectivity index (χ2n) is 8.95. The smallest absolute Gasteiger partial charge is 0.255 e. The molecule has 1 aliphatic rings. The molecule has 0 aliphatic carbocycles. The molecule has 0 bridgehead atoms. The van der Waals surface area contributed by atoms with Gasteiger partial charge in [0.05, 0.1) is 42.4 Å². The number of H-pyrrole nitrogens is 1. The molecule has 9 nitrogen and oxygen atoms in total. The summed E-state index contributed by atoms with van der Waals surface area (Å²) in [5.74, 6) is -0.591. The number of rotatable bonds is 6. The number of aromatic amines is 1. The van der Waals surface area contributed by atoms with Gasteiger partial charge in [0, 0.05) is 31.9 Å². The van der Waals surface area contributed by atoms with Crippen LogP contribution in [0, 0.1) is 12.7 Å². The molecule has 0 unspecified atom stereocenters. The molecule has 2 N–H and O–H groups in total. The third-order valence-electron chi connectivity index (χ3n) is 5.97. The molecule has 3 aromatic heterocycles. The number of fused-ring (bicyclic) bond motifs is 2. The van der Waals surface area contributed by atoms with Gasteiger partial charge in [0.15, 0.2) is 5.65 Å². The van der Waals surface area contributed by atoms with E-state index in [0.717, 1.165) is 43.9 Å². The topological polar surface area (TPSA) is 101 Å². The molecule has 1 amide bonds. The van der Waals surface area contributed by atoms with Crippen molar-refractivity contribution >= 4 is 28.0 Å². The maximum Gasteiger partial charge on any atom is 0.255 e. The van der Waals surface area contributed by atoms with Crippen molar-refractivity contribution in [3.05, 3.63) is 41.5 Å². The summed E-state index contributed by atoms with van der Waals surface area (Å²) in [6.07, 6.45) is 3.16. The normalized spacial score (nSPS) is 15.0. The average molecular weight is 466 g/mol. The number of aromatic nitrogens is 5. The zero-order valence-electron chi connectivity index (χ0n) is 19.6. The van der Waals surface area contributed by atoms with Crippen molar-refractivity contribution in [1.29, 1.82) is 0 Å². The zero-order valence-corrected chi connectivity index (χ0v) is 19.6. The second kappa shape index (κ2) is 9.11. The number of nitrogens with zero attached hydrogens (tertiary/aromatic N) is 5. The van der Waals surface area contributed by atoms with E-state index in [9.17, 15) is 4.79 Å². The fraction of sp³-hybridized carbons (Fsp3) is 0.417. The number of benzene rings is 1. The first-order valence-electron chi connectivity index (χ1n) is 11.5. The molecule has 1 aromatic carbocycles. The first-order valence-corrected chi connectivity index (χ1v) is 11.5. The Morgan fingerprint density at radius 3 is 2.82 bits per heavy atom. The maximum atomic E-state index is 15.2. The average Bonchev–Trinajstić information content (AvgIpc) is 3.39. The molecule has 10 heteroatoms. The van der Waals surface area contributed by atoms with Crippen molar-refractivity contribution in [3.63, 3.8) is 0 Å². The highest BCUT2D eigenvalue weighted by molar-refractivity contribution is 6.05. The van der Waals surface area contributed by atoms with E-state index in [4.69, 9.17) is 9.84 Å². The van der Waals surface area contributed by atoms with Crippen LogP contribution in [0.5, 0.6) is 0 Å². The van der Waals surface area contributed by atoms with Gasteiger partial charge in [-0.05, 0) is 38.5 Å². The minimum Gasteiger partial charge on any atom is -0.379 e. The minimum atomic E-state index is -0.351. The molecule has 0 radical (unpaired) electrons. The first-order chi connectivity index (χ1) is 16.4. The highest BCUT2D eigenvalue weighted by Crippen LogP contribution is 2.31. The van der Waals surface area contributed by atoms with E-state index in [1.54, 1.807) is 12.4 Å². The van der Waals surface area contributed by atoms with Gasteiger partial charge in [0.25, 0.3) is 5.91 Å². The Labute approximate surface area is 196 Å². The van der Waals surface area contributed by atoms with Gasteiger partial charge in [-0.25, -0.2) is 14.4 Å². The molecule has 0 atom stereocenters. The van der Waals surface area contributed by atoms with E-state index in [1.165, 1.54) is 6.07 Å². The molecule has 5 rings (SSSR count). The van der Waals surface area contributed by atoms with Crippen LogP contribution >= 0.6 is 0 Å². The fourth-order valence-corrected chi connectivity index (χ4v) is 4.32.